The predicted octanol–water partition coefficient (Wildman–Crippen LogP) is 3.31. The highest BCUT2D eigenvalue weighted by Crippen LogP contribution is 2.72. The molecule has 4 aliphatic carbocycles. The molecule has 8 nitrogen and oxygen atoms in total. The van der Waals surface area contributed by atoms with Crippen molar-refractivity contribution in [1.29, 1.82) is 0 Å². The number of alkyl halides is 2. The first kappa shape index (κ1) is 29.5. The highest BCUT2D eigenvalue weighted by Gasteiger charge is 2.80. The fraction of sp³-hybridized carbons (Fsp3) is 0.767. The lowest BCUT2D eigenvalue weighted by Gasteiger charge is -2.63. The molecule has 0 spiro atoms. The van der Waals surface area contributed by atoms with Crippen LogP contribution in [-0.2, 0) is 28.6 Å². The first-order chi connectivity index (χ1) is 18.9. The van der Waals surface area contributed by atoms with Gasteiger partial charge in [0.2, 0.25) is 5.78 Å². The minimum Gasteiger partial charge on any atom is -0.458 e. The third kappa shape index (κ3) is 4.00. The summed E-state index contributed by atoms with van der Waals surface area (Å²) in [4.78, 5) is 38.4. The number of aliphatic hydroxyl groups excluding tert-OH is 1. The monoisotopic (exact) mass is 565 g/mol. The number of nitrogens with one attached hydrogen (secondary N) is 1. The normalized spacial score (nSPS) is 45.3. The number of fused-ring (bicyclic) bond motifs is 7. The Labute approximate surface area is 233 Å². The lowest BCUT2D eigenvalue weighted by atomic mass is 9.44. The lowest BCUT2D eigenvalue weighted by molar-refractivity contribution is -0.235. The molecule has 1 aliphatic heterocycles. The molecule has 0 aromatic carbocycles. The number of Topliss-reactive ketones (excluding diaryl/α,β-unsaturated/α-hetero) is 1. The van der Waals surface area contributed by atoms with Crippen LogP contribution in [0.2, 0.25) is 0 Å². The van der Waals surface area contributed by atoms with E-state index < -0.39 is 82.7 Å². The molecule has 5 aliphatic rings. The van der Waals surface area contributed by atoms with E-state index in [2.05, 4.69) is 5.32 Å². The van der Waals surface area contributed by atoms with Crippen molar-refractivity contribution in [3.05, 3.63) is 23.8 Å². The Bertz CT molecular complexity index is 1130. The Kier molecular flexibility index (Phi) is 7.64. The largest absolute Gasteiger partial charge is 0.458 e. The Hall–Kier alpha value is -2.01. The van der Waals surface area contributed by atoms with E-state index in [0.717, 1.165) is 12.5 Å². The van der Waals surface area contributed by atoms with Crippen molar-refractivity contribution >= 4 is 17.5 Å². The molecule has 0 bridgehead atoms. The van der Waals surface area contributed by atoms with Crippen molar-refractivity contribution in [2.24, 2.45) is 22.7 Å². The first-order valence-corrected chi connectivity index (χ1v) is 14.5. The van der Waals surface area contributed by atoms with Crippen LogP contribution in [0.4, 0.5) is 8.78 Å². The van der Waals surface area contributed by atoms with Crippen LogP contribution >= 0.6 is 0 Å². The summed E-state index contributed by atoms with van der Waals surface area (Å²) >= 11 is 0. The zero-order valence-corrected chi connectivity index (χ0v) is 23.7. The molecular weight excluding hydrogens is 524 g/mol. The van der Waals surface area contributed by atoms with E-state index in [0.29, 0.717) is 19.4 Å². The van der Waals surface area contributed by atoms with Crippen LogP contribution in [-0.4, -0.2) is 78.8 Å². The molecule has 40 heavy (non-hydrogen) atoms. The fourth-order valence-electron chi connectivity index (χ4n) is 8.62. The molecule has 1 unspecified atom stereocenters. The van der Waals surface area contributed by atoms with Gasteiger partial charge in [-0.15, -0.1) is 0 Å². The number of hydrogen-bond acceptors (Lipinski definition) is 8. The molecule has 3 saturated carbocycles. The summed E-state index contributed by atoms with van der Waals surface area (Å²) in [5, 5.41) is 14.6. The lowest BCUT2D eigenvalue weighted by Crippen LogP contribution is -2.71. The Morgan fingerprint density at radius 2 is 2.00 bits per heavy atom. The average Bonchev–Trinajstić information content (AvgIpc) is 3.38. The maximum Gasteiger partial charge on any atom is 0.306 e. The highest BCUT2D eigenvalue weighted by atomic mass is 19.1. The van der Waals surface area contributed by atoms with Gasteiger partial charge in [0.05, 0.1) is 12.2 Å². The highest BCUT2D eigenvalue weighted by molar-refractivity contribution is 6.01. The second-order valence-electron chi connectivity index (χ2n) is 12.6. The van der Waals surface area contributed by atoms with Crippen LogP contribution in [0.5, 0.6) is 0 Å². The topological polar surface area (TPSA) is 111 Å². The number of halogens is 2. The van der Waals surface area contributed by atoms with E-state index >= 15 is 8.78 Å². The molecule has 222 valence electrons. The molecule has 2 N–H and O–H groups in total. The SMILES string of the molecule is CCCC1O[C@@H]2C[C@H]3[C@@H]4C[C@H](F)C5=CC(=O)C=C[C@]5(C)[C@@]4(F)[C@@H](O)C[C@]3(C)[C@]2(C(=O)COC(=O)CCCNC)O1. The fourth-order valence-corrected chi connectivity index (χ4v) is 8.62. The van der Waals surface area contributed by atoms with Gasteiger partial charge in [-0.3, -0.25) is 14.4 Å². The van der Waals surface area contributed by atoms with E-state index in [-0.39, 0.29) is 31.3 Å². The van der Waals surface area contributed by atoms with Gasteiger partial charge in [0.25, 0.3) is 0 Å². The van der Waals surface area contributed by atoms with Crippen LogP contribution in [0.15, 0.2) is 23.8 Å². The smallest absolute Gasteiger partial charge is 0.306 e. The van der Waals surface area contributed by atoms with Crippen molar-refractivity contribution in [2.45, 2.75) is 102 Å². The molecule has 5 rings (SSSR count). The number of hydrogen-bond donors (Lipinski definition) is 2. The number of aliphatic hydroxyl groups is 1. The third-order valence-electron chi connectivity index (χ3n) is 10.5. The van der Waals surface area contributed by atoms with Gasteiger partial charge in [-0.2, -0.15) is 0 Å². The molecule has 0 amide bonds. The molecule has 10 atom stereocenters. The summed E-state index contributed by atoms with van der Waals surface area (Å²) in [6.45, 7) is 5.41. The molecule has 10 heteroatoms. The van der Waals surface area contributed by atoms with Gasteiger partial charge in [0.15, 0.2) is 29.9 Å². The van der Waals surface area contributed by atoms with Crippen molar-refractivity contribution in [3.63, 3.8) is 0 Å². The van der Waals surface area contributed by atoms with Crippen LogP contribution in [0.3, 0.4) is 0 Å². The molecule has 1 heterocycles. The summed E-state index contributed by atoms with van der Waals surface area (Å²) in [5.41, 5.74) is -6.43. The summed E-state index contributed by atoms with van der Waals surface area (Å²) in [6, 6.07) is 0. The molecule has 0 radical (unpaired) electrons. The maximum atomic E-state index is 17.5. The minimum atomic E-state index is -2.27. The van der Waals surface area contributed by atoms with E-state index in [4.69, 9.17) is 14.2 Å². The van der Waals surface area contributed by atoms with Gasteiger partial charge in [-0.1, -0.05) is 26.3 Å². The van der Waals surface area contributed by atoms with Crippen LogP contribution < -0.4 is 5.32 Å². The second kappa shape index (κ2) is 10.4. The molecule has 0 aromatic heterocycles. The van der Waals surface area contributed by atoms with Gasteiger partial charge < -0.3 is 24.6 Å². The van der Waals surface area contributed by atoms with Gasteiger partial charge in [-0.25, -0.2) is 8.78 Å². The summed E-state index contributed by atoms with van der Waals surface area (Å²) < 4.78 is 51.3. The van der Waals surface area contributed by atoms with Crippen LogP contribution in [0.1, 0.15) is 65.7 Å². The van der Waals surface area contributed by atoms with Gasteiger partial charge >= 0.3 is 5.97 Å². The number of ketones is 2. The number of ether oxygens (including phenoxy) is 3. The second-order valence-corrected chi connectivity index (χ2v) is 12.6. The Morgan fingerprint density at radius 3 is 2.70 bits per heavy atom. The molecular formula is C30H41F2NO7. The van der Waals surface area contributed by atoms with Crippen molar-refractivity contribution in [1.82, 2.24) is 5.32 Å². The van der Waals surface area contributed by atoms with Gasteiger partial charge in [0, 0.05) is 23.2 Å². The summed E-state index contributed by atoms with van der Waals surface area (Å²) in [7, 11) is 1.78. The number of allylic oxidation sites excluding steroid dienone is 4. The van der Waals surface area contributed by atoms with E-state index in [1.165, 1.54) is 12.2 Å². The molecule has 4 fully saturated rings. The zero-order valence-electron chi connectivity index (χ0n) is 23.7. The minimum absolute atomic E-state index is 0.0473. The number of esters is 1. The summed E-state index contributed by atoms with van der Waals surface area (Å²) in [5.74, 6) is -2.93. The van der Waals surface area contributed by atoms with Gasteiger partial charge in [0.1, 0.15) is 6.17 Å². The van der Waals surface area contributed by atoms with Crippen molar-refractivity contribution in [2.75, 3.05) is 20.2 Å². The zero-order chi connectivity index (χ0) is 29.1. The quantitative estimate of drug-likeness (QED) is 0.324. The number of carbonyl (C=O) groups is 3. The molecule has 1 saturated heterocycles. The third-order valence-corrected chi connectivity index (χ3v) is 10.5. The predicted molar refractivity (Wildman–Crippen MR) is 141 cm³/mol. The average molecular weight is 566 g/mol. The maximum absolute atomic E-state index is 17.5. The van der Waals surface area contributed by atoms with Crippen LogP contribution in [0, 0.1) is 22.7 Å². The van der Waals surface area contributed by atoms with Crippen LogP contribution in [0.25, 0.3) is 0 Å². The first-order valence-electron chi connectivity index (χ1n) is 14.5. The standard InChI is InChI=1S/C30H41F2NO7/c1-5-7-26-39-24-14-18-19-13-21(31)20-12-17(34)9-10-27(20,2)29(19,32)22(35)15-28(18,3)30(24,40-26)23(36)16-38-25(37)8-6-11-33-4/h9-10,12,18-19,21-22,24,26,33,35H,5-8,11,13-16H2,1-4H3/t18-,19-,21-,22-,24+,26?,27-,28-,29-,30+/m0/s1. The van der Waals surface area contributed by atoms with Crippen molar-refractivity contribution < 1.29 is 42.5 Å². The van der Waals surface area contributed by atoms with Crippen molar-refractivity contribution in [3.8, 4) is 0 Å². The summed E-state index contributed by atoms with van der Waals surface area (Å²) in [6.07, 6.45) is 1.07. The van der Waals surface area contributed by atoms with E-state index in [9.17, 15) is 19.5 Å². The Morgan fingerprint density at radius 1 is 1.25 bits per heavy atom. The Balaban J connectivity index is 1.50. The van der Waals surface area contributed by atoms with Gasteiger partial charge in [-0.05, 0) is 76.3 Å². The molecule has 0 aromatic rings. The van der Waals surface area contributed by atoms with E-state index in [1.54, 1.807) is 20.9 Å². The number of rotatable bonds is 9. The van der Waals surface area contributed by atoms with E-state index in [1.807, 2.05) is 6.92 Å². The number of carbonyl (C=O) groups excluding carboxylic acids is 3.